The Morgan fingerprint density at radius 3 is 2.47 bits per heavy atom. The summed E-state index contributed by atoms with van der Waals surface area (Å²) in [4.78, 5) is 2.65. The summed E-state index contributed by atoms with van der Waals surface area (Å²) in [5, 5.41) is 12.8. The summed E-state index contributed by atoms with van der Waals surface area (Å²) in [7, 11) is 0. The molecular formula is C16H32N2O. The number of hydrogen-bond donors (Lipinski definition) is 2. The van der Waals surface area contributed by atoms with E-state index < -0.39 is 0 Å². The molecule has 0 spiro atoms. The van der Waals surface area contributed by atoms with Gasteiger partial charge in [0, 0.05) is 38.3 Å². The molecule has 2 fully saturated rings. The lowest BCUT2D eigenvalue weighted by atomic mass is 9.83. The van der Waals surface area contributed by atoms with Gasteiger partial charge in [-0.2, -0.15) is 0 Å². The van der Waals surface area contributed by atoms with Gasteiger partial charge in [-0.25, -0.2) is 0 Å². The molecule has 0 amide bonds. The van der Waals surface area contributed by atoms with Crippen molar-refractivity contribution in [2.45, 2.75) is 70.9 Å². The largest absolute Gasteiger partial charge is 0.396 e. The van der Waals surface area contributed by atoms with Gasteiger partial charge in [-0.1, -0.05) is 20.3 Å². The maximum Gasteiger partial charge on any atom is 0.0443 e. The van der Waals surface area contributed by atoms with Crippen molar-refractivity contribution in [2.24, 2.45) is 5.41 Å². The Balaban J connectivity index is 1.83. The Kier molecular flexibility index (Phi) is 5.67. The third kappa shape index (κ3) is 4.73. The number of rotatable bonds is 10. The SMILES string of the molecule is CCC(C)(CNC1CC1)CN(CCCO)C1CCC1. The van der Waals surface area contributed by atoms with Crippen molar-refractivity contribution in [3.63, 3.8) is 0 Å². The second kappa shape index (κ2) is 7.05. The lowest BCUT2D eigenvalue weighted by Gasteiger charge is -2.43. The predicted octanol–water partition coefficient (Wildman–Crippen LogP) is 2.39. The average molecular weight is 268 g/mol. The van der Waals surface area contributed by atoms with Crippen molar-refractivity contribution in [2.75, 3.05) is 26.2 Å². The normalized spacial score (nSPS) is 23.4. The third-order valence-corrected chi connectivity index (χ3v) is 5.03. The zero-order valence-electron chi connectivity index (χ0n) is 12.8. The molecule has 1 atom stereocenters. The van der Waals surface area contributed by atoms with E-state index in [1.807, 2.05) is 0 Å². The van der Waals surface area contributed by atoms with Crippen LogP contribution in [0.2, 0.25) is 0 Å². The molecule has 2 aliphatic carbocycles. The van der Waals surface area contributed by atoms with Gasteiger partial charge in [0.25, 0.3) is 0 Å². The molecule has 19 heavy (non-hydrogen) atoms. The summed E-state index contributed by atoms with van der Waals surface area (Å²) in [5.41, 5.74) is 0.383. The minimum absolute atomic E-state index is 0.326. The first-order valence-corrected chi connectivity index (χ1v) is 8.25. The fraction of sp³-hybridized carbons (Fsp3) is 1.00. The smallest absolute Gasteiger partial charge is 0.0443 e. The molecule has 2 saturated carbocycles. The molecule has 2 aliphatic rings. The average Bonchev–Trinajstić information content (AvgIpc) is 3.15. The van der Waals surface area contributed by atoms with Gasteiger partial charge in [-0.3, -0.25) is 4.90 Å². The summed E-state index contributed by atoms with van der Waals surface area (Å²) in [6, 6.07) is 1.60. The summed E-state index contributed by atoms with van der Waals surface area (Å²) in [6.07, 6.45) is 9.01. The summed E-state index contributed by atoms with van der Waals surface area (Å²) in [5.74, 6) is 0. The van der Waals surface area contributed by atoms with Crippen LogP contribution >= 0.6 is 0 Å². The van der Waals surface area contributed by atoms with Crippen molar-refractivity contribution < 1.29 is 5.11 Å². The molecule has 3 heteroatoms. The van der Waals surface area contributed by atoms with E-state index >= 15 is 0 Å². The van der Waals surface area contributed by atoms with Crippen LogP contribution in [0.5, 0.6) is 0 Å². The highest BCUT2D eigenvalue weighted by atomic mass is 16.3. The molecule has 0 heterocycles. The molecule has 2 rings (SSSR count). The van der Waals surface area contributed by atoms with Crippen LogP contribution in [0.4, 0.5) is 0 Å². The van der Waals surface area contributed by atoms with E-state index in [1.165, 1.54) is 45.1 Å². The molecule has 0 aromatic rings. The lowest BCUT2D eigenvalue weighted by molar-refractivity contribution is 0.0663. The molecule has 3 nitrogen and oxygen atoms in total. The van der Waals surface area contributed by atoms with E-state index in [4.69, 9.17) is 5.11 Å². The van der Waals surface area contributed by atoms with Crippen molar-refractivity contribution in [1.82, 2.24) is 10.2 Å². The van der Waals surface area contributed by atoms with E-state index in [9.17, 15) is 0 Å². The minimum Gasteiger partial charge on any atom is -0.396 e. The third-order valence-electron chi connectivity index (χ3n) is 5.03. The second-order valence-corrected chi connectivity index (χ2v) is 6.95. The Hall–Kier alpha value is -0.120. The molecular weight excluding hydrogens is 236 g/mol. The summed E-state index contributed by atoms with van der Waals surface area (Å²) >= 11 is 0. The van der Waals surface area contributed by atoms with Crippen LogP contribution in [0.1, 0.15) is 58.8 Å². The fourth-order valence-corrected chi connectivity index (χ4v) is 2.88. The van der Waals surface area contributed by atoms with Crippen LogP contribution < -0.4 is 5.32 Å². The number of hydrogen-bond acceptors (Lipinski definition) is 3. The van der Waals surface area contributed by atoms with E-state index in [0.717, 1.165) is 31.6 Å². The first-order chi connectivity index (χ1) is 9.17. The molecule has 0 saturated heterocycles. The van der Waals surface area contributed by atoms with Gasteiger partial charge in [0.2, 0.25) is 0 Å². The molecule has 0 radical (unpaired) electrons. The second-order valence-electron chi connectivity index (χ2n) is 6.95. The number of aliphatic hydroxyl groups is 1. The Morgan fingerprint density at radius 2 is 2.00 bits per heavy atom. The van der Waals surface area contributed by atoms with E-state index in [0.29, 0.717) is 12.0 Å². The van der Waals surface area contributed by atoms with Crippen LogP contribution in [0.15, 0.2) is 0 Å². The first-order valence-electron chi connectivity index (χ1n) is 8.25. The highest BCUT2D eigenvalue weighted by Crippen LogP contribution is 2.31. The van der Waals surface area contributed by atoms with Crippen molar-refractivity contribution in [1.29, 1.82) is 0 Å². The zero-order valence-corrected chi connectivity index (χ0v) is 12.8. The van der Waals surface area contributed by atoms with Gasteiger partial charge in [-0.15, -0.1) is 0 Å². The van der Waals surface area contributed by atoms with Gasteiger partial charge in [-0.05, 0) is 43.9 Å². The Morgan fingerprint density at radius 1 is 1.26 bits per heavy atom. The maximum absolute atomic E-state index is 9.09. The molecule has 0 aromatic heterocycles. The van der Waals surface area contributed by atoms with Gasteiger partial charge < -0.3 is 10.4 Å². The lowest BCUT2D eigenvalue weighted by Crippen LogP contribution is -2.49. The van der Waals surface area contributed by atoms with Crippen LogP contribution in [0, 0.1) is 5.41 Å². The predicted molar refractivity (Wildman–Crippen MR) is 80.3 cm³/mol. The molecule has 0 aliphatic heterocycles. The van der Waals surface area contributed by atoms with Crippen molar-refractivity contribution >= 4 is 0 Å². The molecule has 1 unspecified atom stereocenters. The topological polar surface area (TPSA) is 35.5 Å². The van der Waals surface area contributed by atoms with Crippen molar-refractivity contribution in [3.05, 3.63) is 0 Å². The summed E-state index contributed by atoms with van der Waals surface area (Å²) < 4.78 is 0. The Bertz CT molecular complexity index is 263. The van der Waals surface area contributed by atoms with Gasteiger partial charge >= 0.3 is 0 Å². The zero-order chi connectivity index (χ0) is 13.7. The quantitative estimate of drug-likeness (QED) is 0.638. The molecule has 0 aromatic carbocycles. The highest BCUT2D eigenvalue weighted by molar-refractivity contribution is 4.89. The maximum atomic E-state index is 9.09. The van der Waals surface area contributed by atoms with Crippen LogP contribution in [-0.4, -0.2) is 48.3 Å². The van der Waals surface area contributed by atoms with Crippen LogP contribution in [-0.2, 0) is 0 Å². The van der Waals surface area contributed by atoms with E-state index in [-0.39, 0.29) is 0 Å². The fourth-order valence-electron chi connectivity index (χ4n) is 2.88. The Labute approximate surface area is 118 Å². The first kappa shape index (κ1) is 15.3. The van der Waals surface area contributed by atoms with Gasteiger partial charge in [0.05, 0.1) is 0 Å². The molecule has 0 bridgehead atoms. The van der Waals surface area contributed by atoms with Gasteiger partial charge in [0.1, 0.15) is 0 Å². The standard InChI is InChI=1S/C16H32N2O/c1-3-16(2,12-17-14-8-9-14)13-18(10-5-11-19)15-6-4-7-15/h14-15,17,19H,3-13H2,1-2H3. The number of aliphatic hydroxyl groups excluding tert-OH is 1. The van der Waals surface area contributed by atoms with Gasteiger partial charge in [0.15, 0.2) is 0 Å². The highest BCUT2D eigenvalue weighted by Gasteiger charge is 2.32. The van der Waals surface area contributed by atoms with Crippen LogP contribution in [0.25, 0.3) is 0 Å². The molecule has 2 N–H and O–H groups in total. The monoisotopic (exact) mass is 268 g/mol. The number of nitrogens with one attached hydrogen (secondary N) is 1. The van der Waals surface area contributed by atoms with E-state index in [1.54, 1.807) is 0 Å². The van der Waals surface area contributed by atoms with Crippen LogP contribution in [0.3, 0.4) is 0 Å². The minimum atomic E-state index is 0.326. The summed E-state index contributed by atoms with van der Waals surface area (Å²) in [6.45, 7) is 8.48. The molecule has 112 valence electrons. The van der Waals surface area contributed by atoms with Crippen molar-refractivity contribution in [3.8, 4) is 0 Å². The van der Waals surface area contributed by atoms with E-state index in [2.05, 4.69) is 24.1 Å². The number of nitrogens with zero attached hydrogens (tertiary/aromatic N) is 1.